The molecule has 1 amide bonds. The van der Waals surface area contributed by atoms with Gasteiger partial charge in [0.15, 0.2) is 5.82 Å². The predicted octanol–water partition coefficient (Wildman–Crippen LogP) is 2.45. The van der Waals surface area contributed by atoms with E-state index in [2.05, 4.69) is 26.9 Å². The SMILES string of the molecule is CN(Cc1nnc(C2CC2)n1C)C(=O)[C@@H]1C[C@H]1c1ccccc1. The molecule has 2 aliphatic rings. The molecule has 0 N–H and O–H groups in total. The zero-order valence-electron chi connectivity index (χ0n) is 13.6. The molecule has 0 spiro atoms. The van der Waals surface area contributed by atoms with Gasteiger partial charge < -0.3 is 9.47 Å². The highest BCUT2D eigenvalue weighted by molar-refractivity contribution is 5.82. The number of hydrogen-bond donors (Lipinski definition) is 0. The Morgan fingerprint density at radius 3 is 2.70 bits per heavy atom. The van der Waals surface area contributed by atoms with Gasteiger partial charge in [0.2, 0.25) is 5.91 Å². The highest BCUT2D eigenvalue weighted by Gasteiger charge is 2.45. The van der Waals surface area contributed by atoms with Crippen LogP contribution < -0.4 is 0 Å². The minimum absolute atomic E-state index is 0.124. The molecule has 0 aliphatic heterocycles. The molecule has 2 aliphatic carbocycles. The zero-order valence-corrected chi connectivity index (χ0v) is 13.6. The van der Waals surface area contributed by atoms with Gasteiger partial charge in [-0.1, -0.05) is 30.3 Å². The second-order valence-corrected chi connectivity index (χ2v) is 6.86. The number of nitrogens with zero attached hydrogens (tertiary/aromatic N) is 4. The predicted molar refractivity (Wildman–Crippen MR) is 86.7 cm³/mol. The van der Waals surface area contributed by atoms with Crippen molar-refractivity contribution in [1.82, 2.24) is 19.7 Å². The fraction of sp³-hybridized carbons (Fsp3) is 0.500. The van der Waals surface area contributed by atoms with Gasteiger partial charge in [0.1, 0.15) is 5.82 Å². The van der Waals surface area contributed by atoms with Gasteiger partial charge >= 0.3 is 0 Å². The van der Waals surface area contributed by atoms with E-state index in [1.165, 1.54) is 18.4 Å². The van der Waals surface area contributed by atoms with E-state index in [4.69, 9.17) is 0 Å². The number of carbonyl (C=O) groups is 1. The van der Waals surface area contributed by atoms with Gasteiger partial charge in [-0.2, -0.15) is 0 Å². The summed E-state index contributed by atoms with van der Waals surface area (Å²) in [5, 5.41) is 8.56. The van der Waals surface area contributed by atoms with Gasteiger partial charge in [0, 0.05) is 25.9 Å². The monoisotopic (exact) mass is 310 g/mol. The molecule has 1 aromatic heterocycles. The van der Waals surface area contributed by atoms with Crippen LogP contribution in [0.25, 0.3) is 0 Å². The number of rotatable bonds is 5. The van der Waals surface area contributed by atoms with Gasteiger partial charge in [-0.15, -0.1) is 10.2 Å². The normalized spacial score (nSPS) is 22.9. The Bertz CT molecular complexity index is 720. The number of hydrogen-bond acceptors (Lipinski definition) is 3. The third-order valence-electron chi connectivity index (χ3n) is 5.03. The number of aromatic nitrogens is 3. The standard InChI is InChI=1S/C18H22N4O/c1-21(11-16-19-20-17(22(16)2)13-8-9-13)18(23)15-10-14(15)12-6-4-3-5-7-12/h3-7,13-15H,8-11H2,1-2H3/t14-,15+/m0/s1. The molecule has 5 heteroatoms. The molecule has 2 aromatic rings. The first kappa shape index (κ1) is 14.4. The van der Waals surface area contributed by atoms with E-state index >= 15 is 0 Å². The molecule has 2 saturated carbocycles. The van der Waals surface area contributed by atoms with Crippen molar-refractivity contribution in [2.75, 3.05) is 7.05 Å². The summed E-state index contributed by atoms with van der Waals surface area (Å²) in [5.41, 5.74) is 1.27. The number of amides is 1. The number of benzene rings is 1. The highest BCUT2D eigenvalue weighted by Crippen LogP contribution is 2.48. The van der Waals surface area contributed by atoms with Crippen LogP contribution in [0.15, 0.2) is 30.3 Å². The van der Waals surface area contributed by atoms with E-state index in [1.54, 1.807) is 4.90 Å². The molecule has 5 nitrogen and oxygen atoms in total. The van der Waals surface area contributed by atoms with Crippen molar-refractivity contribution in [3.63, 3.8) is 0 Å². The lowest BCUT2D eigenvalue weighted by molar-refractivity contribution is -0.132. The van der Waals surface area contributed by atoms with Crippen LogP contribution in [-0.4, -0.2) is 32.6 Å². The molecule has 120 valence electrons. The first-order valence-corrected chi connectivity index (χ1v) is 8.33. The molecule has 2 atom stereocenters. The Morgan fingerprint density at radius 1 is 1.26 bits per heavy atom. The van der Waals surface area contributed by atoms with Crippen molar-refractivity contribution >= 4 is 5.91 Å². The molecule has 0 saturated heterocycles. The smallest absolute Gasteiger partial charge is 0.226 e. The summed E-state index contributed by atoms with van der Waals surface area (Å²) >= 11 is 0. The maximum atomic E-state index is 12.6. The fourth-order valence-electron chi connectivity index (χ4n) is 3.32. The maximum Gasteiger partial charge on any atom is 0.226 e. The molecule has 0 bridgehead atoms. The Morgan fingerprint density at radius 2 is 2.00 bits per heavy atom. The summed E-state index contributed by atoms with van der Waals surface area (Å²) in [6.07, 6.45) is 3.38. The molecule has 1 aromatic carbocycles. The molecular weight excluding hydrogens is 288 g/mol. The average molecular weight is 310 g/mol. The molecule has 0 radical (unpaired) electrons. The fourth-order valence-corrected chi connectivity index (χ4v) is 3.32. The largest absolute Gasteiger partial charge is 0.338 e. The summed E-state index contributed by atoms with van der Waals surface area (Å²) in [4.78, 5) is 14.4. The molecule has 23 heavy (non-hydrogen) atoms. The van der Waals surface area contributed by atoms with Gasteiger partial charge in [-0.05, 0) is 30.7 Å². The minimum Gasteiger partial charge on any atom is -0.338 e. The van der Waals surface area contributed by atoms with E-state index in [1.807, 2.05) is 32.3 Å². The van der Waals surface area contributed by atoms with Crippen LogP contribution in [0, 0.1) is 5.92 Å². The Kier molecular flexibility index (Phi) is 3.43. The summed E-state index contributed by atoms with van der Waals surface area (Å²) < 4.78 is 2.06. The highest BCUT2D eigenvalue weighted by atomic mass is 16.2. The van der Waals surface area contributed by atoms with Gasteiger partial charge in [0.05, 0.1) is 6.54 Å². The first-order chi connectivity index (χ1) is 11.1. The van der Waals surface area contributed by atoms with Crippen LogP contribution in [0.2, 0.25) is 0 Å². The lowest BCUT2D eigenvalue weighted by Crippen LogP contribution is -2.29. The molecule has 1 heterocycles. The lowest BCUT2D eigenvalue weighted by Gasteiger charge is -2.17. The zero-order chi connectivity index (χ0) is 16.0. The van der Waals surface area contributed by atoms with Gasteiger partial charge in [-0.3, -0.25) is 4.79 Å². The first-order valence-electron chi connectivity index (χ1n) is 8.33. The summed E-state index contributed by atoms with van der Waals surface area (Å²) in [7, 11) is 3.87. The van der Waals surface area contributed by atoms with Crippen LogP contribution in [0.5, 0.6) is 0 Å². The van der Waals surface area contributed by atoms with Crippen LogP contribution in [0.4, 0.5) is 0 Å². The topological polar surface area (TPSA) is 51.0 Å². The molecule has 4 rings (SSSR count). The Balaban J connectivity index is 1.40. The third-order valence-corrected chi connectivity index (χ3v) is 5.03. The Hall–Kier alpha value is -2.17. The van der Waals surface area contributed by atoms with Crippen molar-refractivity contribution in [2.24, 2.45) is 13.0 Å². The average Bonchev–Trinajstić information content (AvgIpc) is 3.48. The van der Waals surface area contributed by atoms with Crippen LogP contribution in [-0.2, 0) is 18.4 Å². The molecule has 2 fully saturated rings. The van der Waals surface area contributed by atoms with Crippen molar-refractivity contribution in [1.29, 1.82) is 0 Å². The van der Waals surface area contributed by atoms with E-state index in [9.17, 15) is 4.79 Å². The second-order valence-electron chi connectivity index (χ2n) is 6.86. The quantitative estimate of drug-likeness (QED) is 0.852. The van der Waals surface area contributed by atoms with Crippen molar-refractivity contribution in [3.05, 3.63) is 47.5 Å². The van der Waals surface area contributed by atoms with Gasteiger partial charge in [0.25, 0.3) is 0 Å². The van der Waals surface area contributed by atoms with E-state index in [0.29, 0.717) is 18.4 Å². The van der Waals surface area contributed by atoms with E-state index in [-0.39, 0.29) is 11.8 Å². The maximum absolute atomic E-state index is 12.6. The summed E-state index contributed by atoms with van der Waals surface area (Å²) in [6, 6.07) is 10.3. The Labute approximate surface area is 136 Å². The minimum atomic E-state index is 0.124. The van der Waals surface area contributed by atoms with Crippen LogP contribution >= 0.6 is 0 Å². The second kappa shape index (κ2) is 5.48. The van der Waals surface area contributed by atoms with Crippen molar-refractivity contribution in [3.8, 4) is 0 Å². The molecular formula is C18H22N4O. The summed E-state index contributed by atoms with van der Waals surface area (Å²) in [6.45, 7) is 0.535. The lowest BCUT2D eigenvalue weighted by atomic mass is 10.1. The van der Waals surface area contributed by atoms with Crippen molar-refractivity contribution in [2.45, 2.75) is 37.6 Å². The van der Waals surface area contributed by atoms with E-state index < -0.39 is 0 Å². The van der Waals surface area contributed by atoms with Crippen molar-refractivity contribution < 1.29 is 4.79 Å². The van der Waals surface area contributed by atoms with Crippen LogP contribution in [0.3, 0.4) is 0 Å². The van der Waals surface area contributed by atoms with Gasteiger partial charge in [-0.25, -0.2) is 0 Å². The third kappa shape index (κ3) is 2.76. The van der Waals surface area contributed by atoms with Crippen LogP contribution in [0.1, 0.15) is 48.3 Å². The number of carbonyl (C=O) groups excluding carboxylic acids is 1. The summed E-state index contributed by atoms with van der Waals surface area (Å²) in [5.74, 6) is 3.24. The molecule has 0 unspecified atom stereocenters. The van der Waals surface area contributed by atoms with E-state index in [0.717, 1.165) is 18.1 Å².